The fraction of sp³-hybridized carbons (Fsp3) is 0.143. The minimum absolute atomic E-state index is 0.466. The number of aryl methyl sites for hydroxylation is 1. The average Bonchev–Trinajstić information content (AvgIpc) is 3.05. The standard InChI is InChI=1S/C14H13N3OS2/c1-9-3-2-4-10(5-9)18-7-13-16-6-12(20-13)11-8-19-14(15)17-11/h2-6,8H,7H2,1H3,(H2,15,17). The molecule has 6 heteroatoms. The first-order chi connectivity index (χ1) is 9.70. The van der Waals surface area contributed by atoms with E-state index in [0.717, 1.165) is 21.3 Å². The summed E-state index contributed by atoms with van der Waals surface area (Å²) in [5.41, 5.74) is 7.70. The number of hydrogen-bond donors (Lipinski definition) is 1. The molecule has 1 aromatic carbocycles. The lowest BCUT2D eigenvalue weighted by Crippen LogP contribution is -1.94. The van der Waals surface area contributed by atoms with Crippen LogP contribution in [0, 0.1) is 6.92 Å². The molecule has 102 valence electrons. The van der Waals surface area contributed by atoms with Crippen LogP contribution in [0.15, 0.2) is 35.8 Å². The third kappa shape index (κ3) is 2.97. The summed E-state index contributed by atoms with van der Waals surface area (Å²) < 4.78 is 5.73. The van der Waals surface area contributed by atoms with Crippen LogP contribution in [-0.4, -0.2) is 9.97 Å². The molecular formula is C14H13N3OS2. The highest BCUT2D eigenvalue weighted by Crippen LogP contribution is 2.28. The summed E-state index contributed by atoms with van der Waals surface area (Å²) in [6.07, 6.45) is 1.81. The van der Waals surface area contributed by atoms with Crippen molar-refractivity contribution >= 4 is 27.8 Å². The van der Waals surface area contributed by atoms with Crippen LogP contribution in [-0.2, 0) is 6.61 Å². The fourth-order valence-corrected chi connectivity index (χ4v) is 3.18. The second-order valence-electron chi connectivity index (χ2n) is 4.29. The van der Waals surface area contributed by atoms with Gasteiger partial charge >= 0.3 is 0 Å². The Kier molecular flexibility index (Phi) is 3.66. The first-order valence-electron chi connectivity index (χ1n) is 6.06. The van der Waals surface area contributed by atoms with E-state index >= 15 is 0 Å². The Bertz CT molecular complexity index is 721. The number of nitrogens with two attached hydrogens (primary N) is 1. The Hall–Kier alpha value is -1.92. The molecule has 4 nitrogen and oxygen atoms in total. The van der Waals surface area contributed by atoms with Gasteiger partial charge in [-0.3, -0.25) is 0 Å². The van der Waals surface area contributed by atoms with Crippen molar-refractivity contribution in [1.82, 2.24) is 9.97 Å². The molecule has 20 heavy (non-hydrogen) atoms. The van der Waals surface area contributed by atoms with Gasteiger partial charge in [-0.2, -0.15) is 0 Å². The minimum atomic E-state index is 0.466. The van der Waals surface area contributed by atoms with Gasteiger partial charge in [-0.25, -0.2) is 9.97 Å². The van der Waals surface area contributed by atoms with Crippen molar-refractivity contribution in [3.8, 4) is 16.3 Å². The molecule has 3 aromatic rings. The van der Waals surface area contributed by atoms with E-state index in [2.05, 4.69) is 9.97 Å². The highest BCUT2D eigenvalue weighted by atomic mass is 32.1. The van der Waals surface area contributed by atoms with Crippen LogP contribution in [0.4, 0.5) is 5.13 Å². The maximum absolute atomic E-state index is 5.73. The van der Waals surface area contributed by atoms with Crippen LogP contribution in [0.25, 0.3) is 10.6 Å². The maximum Gasteiger partial charge on any atom is 0.180 e. The summed E-state index contributed by atoms with van der Waals surface area (Å²) in [6.45, 7) is 2.51. The highest BCUT2D eigenvalue weighted by Gasteiger charge is 2.08. The molecule has 3 rings (SSSR count). The second-order valence-corrected chi connectivity index (χ2v) is 6.30. The number of anilines is 1. The Labute approximate surface area is 124 Å². The molecule has 0 aliphatic rings. The van der Waals surface area contributed by atoms with Crippen molar-refractivity contribution in [2.45, 2.75) is 13.5 Å². The highest BCUT2D eigenvalue weighted by molar-refractivity contribution is 7.16. The van der Waals surface area contributed by atoms with Crippen molar-refractivity contribution in [3.05, 3.63) is 46.4 Å². The molecule has 0 atom stereocenters. The minimum Gasteiger partial charge on any atom is -0.486 e. The Morgan fingerprint density at radius 1 is 1.35 bits per heavy atom. The molecule has 0 radical (unpaired) electrons. The van der Waals surface area contributed by atoms with E-state index in [1.807, 2.05) is 42.8 Å². The number of thiazole rings is 2. The number of aromatic nitrogens is 2. The van der Waals surface area contributed by atoms with Gasteiger partial charge in [-0.05, 0) is 24.6 Å². The third-order valence-corrected chi connectivity index (χ3v) is 4.35. The maximum atomic E-state index is 5.73. The van der Waals surface area contributed by atoms with Gasteiger partial charge in [-0.15, -0.1) is 22.7 Å². The molecule has 2 aromatic heterocycles. The zero-order valence-electron chi connectivity index (χ0n) is 10.9. The molecule has 0 saturated carbocycles. The predicted octanol–water partition coefficient (Wildman–Crippen LogP) is 3.74. The SMILES string of the molecule is Cc1cccc(OCc2ncc(-c3csc(N)n3)s2)c1. The van der Waals surface area contributed by atoms with Crippen LogP contribution in [0.2, 0.25) is 0 Å². The topological polar surface area (TPSA) is 61.0 Å². The fourth-order valence-electron chi connectivity index (χ4n) is 1.75. The zero-order chi connectivity index (χ0) is 13.9. The van der Waals surface area contributed by atoms with Crippen LogP contribution in [0.1, 0.15) is 10.6 Å². The summed E-state index contributed by atoms with van der Waals surface area (Å²) in [7, 11) is 0. The van der Waals surface area contributed by atoms with E-state index < -0.39 is 0 Å². The van der Waals surface area contributed by atoms with Gasteiger partial charge in [0.25, 0.3) is 0 Å². The molecule has 0 unspecified atom stereocenters. The van der Waals surface area contributed by atoms with Crippen molar-refractivity contribution in [2.75, 3.05) is 5.73 Å². The molecule has 0 spiro atoms. The third-order valence-electron chi connectivity index (χ3n) is 2.68. The van der Waals surface area contributed by atoms with Crippen LogP contribution < -0.4 is 10.5 Å². The van der Waals surface area contributed by atoms with Crippen molar-refractivity contribution in [3.63, 3.8) is 0 Å². The van der Waals surface area contributed by atoms with E-state index in [9.17, 15) is 0 Å². The van der Waals surface area contributed by atoms with Crippen molar-refractivity contribution in [2.24, 2.45) is 0 Å². The van der Waals surface area contributed by atoms with E-state index in [-0.39, 0.29) is 0 Å². The molecule has 0 saturated heterocycles. The van der Waals surface area contributed by atoms with E-state index in [1.165, 1.54) is 16.9 Å². The number of rotatable bonds is 4. The Balaban J connectivity index is 1.68. The molecule has 2 heterocycles. The molecule has 0 aliphatic heterocycles. The molecule has 0 amide bonds. The van der Waals surface area contributed by atoms with Gasteiger partial charge < -0.3 is 10.5 Å². The van der Waals surface area contributed by atoms with Crippen molar-refractivity contribution in [1.29, 1.82) is 0 Å². The number of benzene rings is 1. The lowest BCUT2D eigenvalue weighted by atomic mass is 10.2. The smallest absolute Gasteiger partial charge is 0.180 e. The summed E-state index contributed by atoms with van der Waals surface area (Å²) in [4.78, 5) is 9.62. The monoisotopic (exact) mass is 303 g/mol. The lowest BCUT2D eigenvalue weighted by molar-refractivity contribution is 0.305. The van der Waals surface area contributed by atoms with Gasteiger partial charge in [0.1, 0.15) is 17.4 Å². The predicted molar refractivity (Wildman–Crippen MR) is 83.1 cm³/mol. The van der Waals surface area contributed by atoms with Crippen LogP contribution in [0.5, 0.6) is 5.75 Å². The normalized spacial score (nSPS) is 10.7. The number of nitrogen functional groups attached to an aromatic ring is 1. The van der Waals surface area contributed by atoms with E-state index in [1.54, 1.807) is 11.3 Å². The zero-order valence-corrected chi connectivity index (χ0v) is 12.5. The average molecular weight is 303 g/mol. The largest absolute Gasteiger partial charge is 0.486 e. The number of hydrogen-bond acceptors (Lipinski definition) is 6. The van der Waals surface area contributed by atoms with Gasteiger partial charge in [0.2, 0.25) is 0 Å². The lowest BCUT2D eigenvalue weighted by Gasteiger charge is -2.04. The molecule has 2 N–H and O–H groups in total. The summed E-state index contributed by atoms with van der Waals surface area (Å²) in [6, 6.07) is 7.98. The van der Waals surface area contributed by atoms with Crippen molar-refractivity contribution < 1.29 is 4.74 Å². The first kappa shape index (κ1) is 13.1. The van der Waals surface area contributed by atoms with E-state index in [4.69, 9.17) is 10.5 Å². The van der Waals surface area contributed by atoms with Gasteiger partial charge in [0.05, 0.1) is 10.6 Å². The Morgan fingerprint density at radius 3 is 3.00 bits per heavy atom. The number of nitrogens with zero attached hydrogens (tertiary/aromatic N) is 2. The van der Waals surface area contributed by atoms with Gasteiger partial charge in [0.15, 0.2) is 5.13 Å². The van der Waals surface area contributed by atoms with E-state index in [0.29, 0.717) is 11.7 Å². The second kappa shape index (κ2) is 5.60. The molecule has 0 bridgehead atoms. The summed E-state index contributed by atoms with van der Waals surface area (Å²) in [5.74, 6) is 0.861. The van der Waals surface area contributed by atoms with Gasteiger partial charge in [-0.1, -0.05) is 12.1 Å². The van der Waals surface area contributed by atoms with Crippen LogP contribution >= 0.6 is 22.7 Å². The van der Waals surface area contributed by atoms with Crippen LogP contribution in [0.3, 0.4) is 0 Å². The molecule has 0 aliphatic carbocycles. The quantitative estimate of drug-likeness (QED) is 0.797. The van der Waals surface area contributed by atoms with Gasteiger partial charge in [0, 0.05) is 11.6 Å². The summed E-state index contributed by atoms with van der Waals surface area (Å²) in [5, 5.41) is 3.44. The molecule has 0 fully saturated rings. The summed E-state index contributed by atoms with van der Waals surface area (Å²) >= 11 is 3.01. The number of ether oxygens (including phenoxy) is 1. The molecular weight excluding hydrogens is 290 g/mol. The first-order valence-corrected chi connectivity index (χ1v) is 7.76. The Morgan fingerprint density at radius 2 is 2.25 bits per heavy atom.